The van der Waals surface area contributed by atoms with E-state index in [1.165, 1.54) is 5.56 Å². The number of allylic oxidation sites excluding steroid dienone is 1. The molecule has 0 amide bonds. The summed E-state index contributed by atoms with van der Waals surface area (Å²) in [6.45, 7) is 4.94. The lowest BCUT2D eigenvalue weighted by Crippen LogP contribution is -2.10. The SMILES string of the molecule is C/C=C\N=C(C)C1CNc2ncccc21. The fraction of sp³-hybridized carbons (Fsp3) is 0.333. The fourth-order valence-corrected chi connectivity index (χ4v) is 1.81. The number of aliphatic imine (C=N–C) groups is 1. The summed E-state index contributed by atoms with van der Waals surface area (Å²) < 4.78 is 0. The maximum Gasteiger partial charge on any atom is 0.129 e. The van der Waals surface area contributed by atoms with Crippen molar-refractivity contribution >= 4 is 11.5 Å². The molecular weight excluding hydrogens is 186 g/mol. The van der Waals surface area contributed by atoms with Crippen LogP contribution in [0.4, 0.5) is 5.82 Å². The molecule has 0 aromatic carbocycles. The molecule has 0 radical (unpaired) electrons. The number of anilines is 1. The van der Waals surface area contributed by atoms with E-state index in [1.807, 2.05) is 31.5 Å². The molecule has 0 fully saturated rings. The second-order valence-electron chi connectivity index (χ2n) is 3.63. The Kier molecular flexibility index (Phi) is 2.81. The molecule has 1 aliphatic rings. The van der Waals surface area contributed by atoms with E-state index in [9.17, 15) is 0 Å². The van der Waals surface area contributed by atoms with Gasteiger partial charge in [-0.15, -0.1) is 0 Å². The van der Waals surface area contributed by atoms with Gasteiger partial charge in [-0.05, 0) is 19.9 Å². The normalized spacial score (nSPS) is 20.4. The highest BCUT2D eigenvalue weighted by molar-refractivity contribution is 5.92. The van der Waals surface area contributed by atoms with Gasteiger partial charge in [0.25, 0.3) is 0 Å². The molecule has 78 valence electrons. The van der Waals surface area contributed by atoms with Gasteiger partial charge in [0.05, 0.1) is 0 Å². The van der Waals surface area contributed by atoms with E-state index in [0.29, 0.717) is 5.92 Å². The summed E-state index contributed by atoms with van der Waals surface area (Å²) in [5, 5.41) is 3.29. The summed E-state index contributed by atoms with van der Waals surface area (Å²) in [6.07, 6.45) is 5.59. The smallest absolute Gasteiger partial charge is 0.129 e. The van der Waals surface area contributed by atoms with Crippen LogP contribution in [0.2, 0.25) is 0 Å². The third-order valence-corrected chi connectivity index (χ3v) is 2.62. The van der Waals surface area contributed by atoms with E-state index in [-0.39, 0.29) is 0 Å². The van der Waals surface area contributed by atoms with Crippen LogP contribution in [0.15, 0.2) is 35.6 Å². The van der Waals surface area contributed by atoms with E-state index in [4.69, 9.17) is 0 Å². The van der Waals surface area contributed by atoms with Gasteiger partial charge in [-0.3, -0.25) is 4.99 Å². The molecule has 0 aliphatic carbocycles. The van der Waals surface area contributed by atoms with E-state index >= 15 is 0 Å². The maximum atomic E-state index is 4.39. The standard InChI is InChI=1S/C12H15N3/c1-3-6-13-9(2)11-8-15-12-10(11)5-4-7-14-12/h3-7,11H,8H2,1-2H3,(H,14,15)/b6-3-,13-9?. The molecule has 0 saturated heterocycles. The predicted octanol–water partition coefficient (Wildman–Crippen LogP) is 2.59. The Labute approximate surface area is 90.0 Å². The molecule has 0 spiro atoms. The predicted molar refractivity (Wildman–Crippen MR) is 63.4 cm³/mol. The van der Waals surface area contributed by atoms with Gasteiger partial charge in [0.2, 0.25) is 0 Å². The molecule has 0 bridgehead atoms. The average molecular weight is 201 g/mol. The minimum Gasteiger partial charge on any atom is -0.369 e. The Balaban J connectivity index is 2.27. The first-order valence-corrected chi connectivity index (χ1v) is 5.17. The van der Waals surface area contributed by atoms with Crippen LogP contribution < -0.4 is 5.32 Å². The summed E-state index contributed by atoms with van der Waals surface area (Å²) in [5.74, 6) is 1.36. The van der Waals surface area contributed by atoms with Crippen LogP contribution in [0.5, 0.6) is 0 Å². The number of pyridine rings is 1. The van der Waals surface area contributed by atoms with Crippen LogP contribution in [-0.4, -0.2) is 17.2 Å². The minimum absolute atomic E-state index is 0.366. The molecular formula is C12H15N3. The molecule has 1 N–H and O–H groups in total. The van der Waals surface area contributed by atoms with Gasteiger partial charge >= 0.3 is 0 Å². The highest BCUT2D eigenvalue weighted by atomic mass is 15.0. The van der Waals surface area contributed by atoms with Crippen LogP contribution >= 0.6 is 0 Å². The van der Waals surface area contributed by atoms with Crippen molar-refractivity contribution in [3.8, 4) is 0 Å². The fourth-order valence-electron chi connectivity index (χ4n) is 1.81. The van der Waals surface area contributed by atoms with Crippen LogP contribution in [0.1, 0.15) is 25.3 Å². The number of fused-ring (bicyclic) bond motifs is 1. The summed E-state index contributed by atoms with van der Waals surface area (Å²) in [5.41, 5.74) is 2.38. The molecule has 15 heavy (non-hydrogen) atoms. The zero-order valence-electron chi connectivity index (χ0n) is 9.07. The lowest BCUT2D eigenvalue weighted by atomic mass is 9.99. The maximum absolute atomic E-state index is 4.39. The summed E-state index contributed by atoms with van der Waals surface area (Å²) in [6, 6.07) is 4.09. The Hall–Kier alpha value is -1.64. The van der Waals surface area contributed by atoms with Crippen molar-refractivity contribution in [3.05, 3.63) is 36.2 Å². The van der Waals surface area contributed by atoms with E-state index in [0.717, 1.165) is 18.1 Å². The van der Waals surface area contributed by atoms with Crippen molar-refractivity contribution < 1.29 is 0 Å². The van der Waals surface area contributed by atoms with Crippen LogP contribution in [-0.2, 0) is 0 Å². The molecule has 2 rings (SSSR count). The first-order chi connectivity index (χ1) is 7.33. The Bertz CT molecular complexity index is 407. The topological polar surface area (TPSA) is 37.3 Å². The number of rotatable bonds is 2. The molecule has 0 saturated carbocycles. The molecule has 2 heterocycles. The molecule has 3 heteroatoms. The monoisotopic (exact) mass is 201 g/mol. The van der Waals surface area contributed by atoms with E-state index < -0.39 is 0 Å². The zero-order chi connectivity index (χ0) is 10.7. The summed E-state index contributed by atoms with van der Waals surface area (Å²) >= 11 is 0. The number of nitrogens with one attached hydrogen (secondary N) is 1. The summed E-state index contributed by atoms with van der Waals surface area (Å²) in [7, 11) is 0. The molecule has 3 nitrogen and oxygen atoms in total. The highest BCUT2D eigenvalue weighted by Gasteiger charge is 2.24. The largest absolute Gasteiger partial charge is 0.369 e. The van der Waals surface area contributed by atoms with Gasteiger partial charge < -0.3 is 5.32 Å². The first kappa shape index (κ1) is 9.90. The number of hydrogen-bond donors (Lipinski definition) is 1. The van der Waals surface area contributed by atoms with Gasteiger partial charge in [0, 0.05) is 36.1 Å². The minimum atomic E-state index is 0.366. The lowest BCUT2D eigenvalue weighted by Gasteiger charge is -2.07. The third kappa shape index (κ3) is 1.91. The molecule has 1 aromatic rings. The van der Waals surface area contributed by atoms with Crippen LogP contribution in [0.25, 0.3) is 0 Å². The molecule has 1 atom stereocenters. The van der Waals surface area contributed by atoms with Crippen LogP contribution in [0.3, 0.4) is 0 Å². The third-order valence-electron chi connectivity index (χ3n) is 2.62. The Morgan fingerprint density at radius 1 is 1.67 bits per heavy atom. The Morgan fingerprint density at radius 2 is 2.53 bits per heavy atom. The zero-order valence-corrected chi connectivity index (χ0v) is 9.07. The van der Waals surface area contributed by atoms with Crippen molar-refractivity contribution in [2.45, 2.75) is 19.8 Å². The number of aromatic nitrogens is 1. The summed E-state index contributed by atoms with van der Waals surface area (Å²) in [4.78, 5) is 8.68. The van der Waals surface area contributed by atoms with Crippen molar-refractivity contribution in [1.29, 1.82) is 0 Å². The average Bonchev–Trinajstić information content (AvgIpc) is 2.69. The van der Waals surface area contributed by atoms with Gasteiger partial charge in [0.15, 0.2) is 0 Å². The first-order valence-electron chi connectivity index (χ1n) is 5.17. The quantitative estimate of drug-likeness (QED) is 0.747. The lowest BCUT2D eigenvalue weighted by molar-refractivity contribution is 0.989. The van der Waals surface area contributed by atoms with Crippen LogP contribution in [0, 0.1) is 0 Å². The second-order valence-corrected chi connectivity index (χ2v) is 3.63. The van der Waals surface area contributed by atoms with Gasteiger partial charge in [-0.1, -0.05) is 12.1 Å². The molecule has 1 aromatic heterocycles. The number of hydrogen-bond acceptors (Lipinski definition) is 3. The second kappa shape index (κ2) is 4.26. The van der Waals surface area contributed by atoms with Crippen molar-refractivity contribution in [1.82, 2.24) is 4.98 Å². The van der Waals surface area contributed by atoms with Crippen molar-refractivity contribution in [3.63, 3.8) is 0 Å². The van der Waals surface area contributed by atoms with E-state index in [2.05, 4.69) is 28.3 Å². The Morgan fingerprint density at radius 3 is 3.33 bits per heavy atom. The van der Waals surface area contributed by atoms with E-state index in [1.54, 1.807) is 0 Å². The molecule has 1 unspecified atom stereocenters. The van der Waals surface area contributed by atoms with Crippen molar-refractivity contribution in [2.24, 2.45) is 4.99 Å². The molecule has 1 aliphatic heterocycles. The van der Waals surface area contributed by atoms with Crippen molar-refractivity contribution in [2.75, 3.05) is 11.9 Å². The highest BCUT2D eigenvalue weighted by Crippen LogP contribution is 2.30. The number of nitrogens with zero attached hydrogens (tertiary/aromatic N) is 2. The van der Waals surface area contributed by atoms with Gasteiger partial charge in [-0.2, -0.15) is 0 Å². The van der Waals surface area contributed by atoms with Gasteiger partial charge in [0.1, 0.15) is 5.82 Å². The van der Waals surface area contributed by atoms with Gasteiger partial charge in [-0.25, -0.2) is 4.98 Å².